The summed E-state index contributed by atoms with van der Waals surface area (Å²) in [4.78, 5) is 23.6. The Morgan fingerprint density at radius 1 is 1.35 bits per heavy atom. The lowest BCUT2D eigenvalue weighted by Crippen LogP contribution is -2.56. The molecule has 0 aromatic heterocycles. The van der Waals surface area contributed by atoms with Gasteiger partial charge in [0.2, 0.25) is 5.91 Å². The lowest BCUT2D eigenvalue weighted by molar-refractivity contribution is -0.125. The molecule has 0 saturated carbocycles. The van der Waals surface area contributed by atoms with Crippen molar-refractivity contribution in [3.63, 3.8) is 0 Å². The number of nitrogens with one attached hydrogen (secondary N) is 1. The first kappa shape index (κ1) is 12.2. The van der Waals surface area contributed by atoms with Crippen molar-refractivity contribution in [2.45, 2.75) is 31.0 Å². The summed E-state index contributed by atoms with van der Waals surface area (Å²) in [7, 11) is 0. The number of carbonyl (C=O) groups excluding carboxylic acids is 2. The highest BCUT2D eigenvalue weighted by molar-refractivity contribution is 5.96. The average molecular weight is 246 g/mol. The van der Waals surface area contributed by atoms with Gasteiger partial charge in [-0.1, -0.05) is 0 Å². The van der Waals surface area contributed by atoms with Crippen LogP contribution in [0.4, 0.5) is 4.79 Å². The van der Waals surface area contributed by atoms with Crippen molar-refractivity contribution < 1.29 is 29.6 Å². The van der Waals surface area contributed by atoms with E-state index in [2.05, 4.69) is 5.32 Å². The van der Waals surface area contributed by atoms with Crippen molar-refractivity contribution in [3.05, 3.63) is 0 Å². The van der Waals surface area contributed by atoms with E-state index in [1.165, 1.54) is 0 Å². The molecule has 1 unspecified atom stereocenters. The molecule has 8 heteroatoms. The van der Waals surface area contributed by atoms with Crippen LogP contribution in [-0.2, 0) is 9.53 Å². The van der Waals surface area contributed by atoms with Gasteiger partial charge in [-0.3, -0.25) is 15.0 Å². The number of aliphatic hydroxyl groups excluding tert-OH is 3. The lowest BCUT2D eigenvalue weighted by atomic mass is 10.1. The summed E-state index contributed by atoms with van der Waals surface area (Å²) in [5, 5.41) is 30.2. The van der Waals surface area contributed by atoms with Crippen LogP contribution in [0.1, 0.15) is 6.42 Å². The molecule has 8 nitrogen and oxygen atoms in total. The molecule has 4 N–H and O–H groups in total. The topological polar surface area (TPSA) is 119 Å². The molecule has 3 amide bonds. The van der Waals surface area contributed by atoms with Gasteiger partial charge in [-0.15, -0.1) is 0 Å². The van der Waals surface area contributed by atoms with Crippen LogP contribution in [-0.4, -0.2) is 69.8 Å². The van der Waals surface area contributed by atoms with Crippen molar-refractivity contribution in [2.75, 3.05) is 13.2 Å². The number of amides is 3. The molecule has 4 atom stereocenters. The van der Waals surface area contributed by atoms with Gasteiger partial charge in [-0.2, -0.15) is 0 Å². The molecule has 0 aliphatic carbocycles. The first-order chi connectivity index (χ1) is 8.04. The summed E-state index contributed by atoms with van der Waals surface area (Å²) in [6.45, 7) is -0.347. The summed E-state index contributed by atoms with van der Waals surface area (Å²) in [5.74, 6) is -0.391. The first-order valence-electron chi connectivity index (χ1n) is 5.27. The van der Waals surface area contributed by atoms with Gasteiger partial charge in [0.15, 0.2) is 6.23 Å². The SMILES string of the molecule is O=C1CCN([C@@H]2O[C@H](CO)C(O)[C@H]2O)C(=O)N1. The van der Waals surface area contributed by atoms with Crippen molar-refractivity contribution in [2.24, 2.45) is 0 Å². The molecule has 96 valence electrons. The Morgan fingerprint density at radius 2 is 2.06 bits per heavy atom. The minimum absolute atomic E-state index is 0.108. The van der Waals surface area contributed by atoms with E-state index >= 15 is 0 Å². The molecule has 17 heavy (non-hydrogen) atoms. The van der Waals surface area contributed by atoms with Crippen LogP contribution in [0.5, 0.6) is 0 Å². The number of imide groups is 1. The molecule has 0 radical (unpaired) electrons. The van der Waals surface area contributed by atoms with Crippen molar-refractivity contribution in [1.29, 1.82) is 0 Å². The number of ether oxygens (including phenoxy) is 1. The van der Waals surface area contributed by atoms with Crippen LogP contribution in [0.15, 0.2) is 0 Å². The van der Waals surface area contributed by atoms with Crippen molar-refractivity contribution >= 4 is 11.9 Å². The smallest absolute Gasteiger partial charge is 0.326 e. The predicted octanol–water partition coefficient (Wildman–Crippen LogP) is -2.63. The van der Waals surface area contributed by atoms with Crippen LogP contribution >= 0.6 is 0 Å². The highest BCUT2D eigenvalue weighted by atomic mass is 16.6. The monoisotopic (exact) mass is 246 g/mol. The van der Waals surface area contributed by atoms with Gasteiger partial charge in [0.1, 0.15) is 18.3 Å². The molecule has 0 bridgehead atoms. The maximum absolute atomic E-state index is 11.5. The quantitative estimate of drug-likeness (QED) is 0.423. The molecule has 2 aliphatic rings. The summed E-state index contributed by atoms with van der Waals surface area (Å²) in [6.07, 6.45) is -4.42. The maximum Gasteiger partial charge on any atom is 0.326 e. The van der Waals surface area contributed by atoms with E-state index in [-0.39, 0.29) is 13.0 Å². The van der Waals surface area contributed by atoms with Crippen LogP contribution in [0.3, 0.4) is 0 Å². The van der Waals surface area contributed by atoms with E-state index in [0.29, 0.717) is 0 Å². The second-order valence-corrected chi connectivity index (χ2v) is 4.03. The van der Waals surface area contributed by atoms with Crippen LogP contribution in [0.25, 0.3) is 0 Å². The number of nitrogens with zero attached hydrogens (tertiary/aromatic N) is 1. The highest BCUT2D eigenvalue weighted by Crippen LogP contribution is 2.25. The summed E-state index contributed by atoms with van der Waals surface area (Å²) < 4.78 is 5.18. The normalized spacial score (nSPS) is 38.4. The second kappa shape index (κ2) is 4.57. The number of rotatable bonds is 2. The Balaban J connectivity index is 2.08. The van der Waals surface area contributed by atoms with Crippen LogP contribution in [0.2, 0.25) is 0 Å². The number of hydrogen-bond donors (Lipinski definition) is 4. The summed E-state index contributed by atoms with van der Waals surface area (Å²) in [6, 6.07) is -0.670. The molecule has 0 aromatic carbocycles. The zero-order valence-corrected chi connectivity index (χ0v) is 8.94. The van der Waals surface area contributed by atoms with E-state index in [4.69, 9.17) is 9.84 Å². The minimum Gasteiger partial charge on any atom is -0.394 e. The maximum atomic E-state index is 11.5. The molecule has 0 spiro atoms. The largest absolute Gasteiger partial charge is 0.394 e. The minimum atomic E-state index is -1.30. The van der Waals surface area contributed by atoms with Gasteiger partial charge in [-0.05, 0) is 0 Å². The van der Waals surface area contributed by atoms with Gasteiger partial charge < -0.3 is 20.1 Å². The van der Waals surface area contributed by atoms with Gasteiger partial charge in [0, 0.05) is 13.0 Å². The fourth-order valence-corrected chi connectivity index (χ4v) is 1.96. The molecular formula is C9H14N2O6. The number of carbonyl (C=O) groups is 2. The Hall–Kier alpha value is -1.22. The van der Waals surface area contributed by atoms with Crippen molar-refractivity contribution in [1.82, 2.24) is 10.2 Å². The number of hydrogen-bond acceptors (Lipinski definition) is 6. The van der Waals surface area contributed by atoms with Crippen LogP contribution in [0, 0.1) is 0 Å². The zero-order chi connectivity index (χ0) is 12.6. The second-order valence-electron chi connectivity index (χ2n) is 4.03. The fraction of sp³-hybridized carbons (Fsp3) is 0.778. The van der Waals surface area contributed by atoms with E-state index < -0.39 is 43.1 Å². The van der Waals surface area contributed by atoms with E-state index in [9.17, 15) is 19.8 Å². The Kier molecular flexibility index (Phi) is 3.29. The molecule has 2 saturated heterocycles. The Labute approximate surface area is 96.8 Å². The third kappa shape index (κ3) is 2.12. The molecule has 2 rings (SSSR count). The Morgan fingerprint density at radius 3 is 2.59 bits per heavy atom. The van der Waals surface area contributed by atoms with Gasteiger partial charge in [0.05, 0.1) is 6.61 Å². The van der Waals surface area contributed by atoms with E-state index in [1.807, 2.05) is 0 Å². The molecular weight excluding hydrogens is 232 g/mol. The van der Waals surface area contributed by atoms with Gasteiger partial charge in [-0.25, -0.2) is 4.79 Å². The summed E-state index contributed by atoms with van der Waals surface area (Å²) in [5.41, 5.74) is 0. The van der Waals surface area contributed by atoms with Crippen LogP contribution < -0.4 is 5.32 Å². The van der Waals surface area contributed by atoms with Gasteiger partial charge in [0.25, 0.3) is 0 Å². The molecule has 2 aliphatic heterocycles. The van der Waals surface area contributed by atoms with E-state index in [1.54, 1.807) is 0 Å². The van der Waals surface area contributed by atoms with E-state index in [0.717, 1.165) is 4.90 Å². The third-order valence-corrected chi connectivity index (χ3v) is 2.91. The zero-order valence-electron chi connectivity index (χ0n) is 8.94. The molecule has 2 fully saturated rings. The first-order valence-corrected chi connectivity index (χ1v) is 5.27. The standard InChI is InChI=1S/C9H14N2O6/c12-3-4-6(14)7(15)8(17-4)11-2-1-5(13)10-9(11)16/h4,6-8,12,14-15H,1-3H2,(H,10,13,16)/t4-,6?,7-,8-/m1/s1. The fourth-order valence-electron chi connectivity index (χ4n) is 1.96. The number of aliphatic hydroxyl groups is 3. The van der Waals surface area contributed by atoms with Gasteiger partial charge >= 0.3 is 6.03 Å². The predicted molar refractivity (Wildman–Crippen MR) is 52.6 cm³/mol. The molecule has 2 heterocycles. The number of urea groups is 1. The van der Waals surface area contributed by atoms with Crippen molar-refractivity contribution in [3.8, 4) is 0 Å². The Bertz CT molecular complexity index is 335. The average Bonchev–Trinajstić information content (AvgIpc) is 2.57. The third-order valence-electron chi connectivity index (χ3n) is 2.91. The lowest BCUT2D eigenvalue weighted by Gasteiger charge is -2.32. The highest BCUT2D eigenvalue weighted by Gasteiger charge is 2.47. The molecule has 0 aromatic rings. The summed E-state index contributed by atoms with van der Waals surface area (Å²) >= 11 is 0.